The van der Waals surface area contributed by atoms with Crippen LogP contribution in [0.4, 0.5) is 4.79 Å². The number of likely N-dealkylation sites (N-methyl/N-ethyl adjacent to an activating group) is 1. The molecule has 188 valence electrons. The van der Waals surface area contributed by atoms with E-state index in [1.807, 2.05) is 4.90 Å². The second-order valence-corrected chi connectivity index (χ2v) is 10.4. The Hall–Kier alpha value is -1.42. The van der Waals surface area contributed by atoms with Crippen LogP contribution in [-0.4, -0.2) is 132 Å². The van der Waals surface area contributed by atoms with Gasteiger partial charge < -0.3 is 19.6 Å². The molecule has 0 aromatic carbocycles. The maximum atomic E-state index is 11.9. The van der Waals surface area contributed by atoms with Gasteiger partial charge in [-0.3, -0.25) is 19.5 Å². The number of hydrogen-bond donors (Lipinski definition) is 1. The quantitative estimate of drug-likeness (QED) is 0.515. The van der Waals surface area contributed by atoms with E-state index in [2.05, 4.69) is 14.7 Å². The molecule has 3 heterocycles. The number of amides is 1. The van der Waals surface area contributed by atoms with Gasteiger partial charge in [-0.05, 0) is 32.2 Å². The van der Waals surface area contributed by atoms with Gasteiger partial charge in [-0.1, -0.05) is 25.7 Å². The fourth-order valence-corrected chi connectivity index (χ4v) is 6.14. The summed E-state index contributed by atoms with van der Waals surface area (Å²) in [4.78, 5) is 34.4. The minimum atomic E-state index is -0.776. The average Bonchev–Trinajstić information content (AvgIpc) is 3.15. The first kappa shape index (κ1) is 24.7. The summed E-state index contributed by atoms with van der Waals surface area (Å²) in [5.41, 5.74) is 0. The van der Waals surface area contributed by atoms with Crippen molar-refractivity contribution in [1.82, 2.24) is 24.5 Å². The molecular weight excluding hydrogens is 422 g/mol. The minimum Gasteiger partial charge on any atom is -0.480 e. The van der Waals surface area contributed by atoms with Gasteiger partial charge >= 0.3 is 12.1 Å². The van der Waals surface area contributed by atoms with Crippen molar-refractivity contribution in [3.05, 3.63) is 0 Å². The summed E-state index contributed by atoms with van der Waals surface area (Å²) in [6, 6.07) is 1.06. The summed E-state index contributed by atoms with van der Waals surface area (Å²) >= 11 is 0. The molecule has 2 unspecified atom stereocenters. The van der Waals surface area contributed by atoms with E-state index in [1.54, 1.807) is 11.9 Å². The molecule has 4 fully saturated rings. The van der Waals surface area contributed by atoms with Gasteiger partial charge in [0.1, 0.15) is 0 Å². The fraction of sp³-hybridized carbons (Fsp3) is 0.917. The molecule has 0 aromatic heterocycles. The summed E-state index contributed by atoms with van der Waals surface area (Å²) < 4.78 is 5.59. The summed E-state index contributed by atoms with van der Waals surface area (Å²) in [7, 11) is 1.77. The van der Waals surface area contributed by atoms with Gasteiger partial charge in [0.15, 0.2) is 6.23 Å². The number of carbonyl (C=O) groups excluding carboxylic acids is 1. The molecule has 3 aliphatic heterocycles. The van der Waals surface area contributed by atoms with Crippen LogP contribution in [0.5, 0.6) is 0 Å². The molecule has 1 N–H and O–H groups in total. The molecule has 9 nitrogen and oxygen atoms in total. The van der Waals surface area contributed by atoms with Crippen LogP contribution in [0.15, 0.2) is 0 Å². The molecule has 2 atom stereocenters. The molecule has 4 aliphatic rings. The van der Waals surface area contributed by atoms with E-state index in [9.17, 15) is 14.7 Å². The van der Waals surface area contributed by atoms with Gasteiger partial charge in [0, 0.05) is 64.9 Å². The first-order chi connectivity index (χ1) is 16.0. The lowest BCUT2D eigenvalue weighted by Gasteiger charge is -2.43. The predicted octanol–water partition coefficient (Wildman–Crippen LogP) is 1.59. The number of hydrogen-bond acceptors (Lipinski definition) is 7. The lowest BCUT2D eigenvalue weighted by molar-refractivity contribution is -0.139. The molecule has 4 rings (SSSR count). The van der Waals surface area contributed by atoms with Crippen molar-refractivity contribution in [2.45, 2.75) is 69.7 Å². The van der Waals surface area contributed by atoms with Crippen molar-refractivity contribution in [2.24, 2.45) is 0 Å². The molecule has 0 spiro atoms. The zero-order valence-corrected chi connectivity index (χ0v) is 20.4. The van der Waals surface area contributed by atoms with Crippen LogP contribution >= 0.6 is 0 Å². The first-order valence-corrected chi connectivity index (χ1v) is 13.1. The topological polar surface area (TPSA) is 79.8 Å². The lowest BCUT2D eigenvalue weighted by atomic mass is 9.94. The molecule has 0 bridgehead atoms. The van der Waals surface area contributed by atoms with Crippen LogP contribution in [0, 0.1) is 0 Å². The number of rotatable bonds is 9. The highest BCUT2D eigenvalue weighted by atomic mass is 16.6. The molecule has 3 saturated heterocycles. The average molecular weight is 466 g/mol. The van der Waals surface area contributed by atoms with Gasteiger partial charge in [-0.15, -0.1) is 0 Å². The number of aliphatic carboxylic acids is 1. The molecular formula is C24H43N5O4. The van der Waals surface area contributed by atoms with Gasteiger partial charge in [0.05, 0.1) is 13.1 Å². The Labute approximate surface area is 198 Å². The fourth-order valence-electron chi connectivity index (χ4n) is 6.14. The Balaban J connectivity index is 1.20. The number of cyclic esters (lactones) is 1. The Kier molecular flexibility index (Phi) is 8.85. The number of piperazine rings is 2. The predicted molar refractivity (Wildman–Crippen MR) is 126 cm³/mol. The van der Waals surface area contributed by atoms with Crippen LogP contribution in [0.1, 0.15) is 51.4 Å². The van der Waals surface area contributed by atoms with Crippen molar-refractivity contribution >= 4 is 12.1 Å². The highest BCUT2D eigenvalue weighted by molar-refractivity contribution is 5.69. The smallest absolute Gasteiger partial charge is 0.411 e. The molecule has 0 radical (unpaired) electrons. The molecule has 0 aromatic rings. The summed E-state index contributed by atoms with van der Waals surface area (Å²) in [5.74, 6) is -0.776. The van der Waals surface area contributed by atoms with Gasteiger partial charge in [0.2, 0.25) is 0 Å². The zero-order chi connectivity index (χ0) is 23.2. The summed E-state index contributed by atoms with van der Waals surface area (Å²) in [5, 5.41) is 9.22. The Morgan fingerprint density at radius 3 is 2.36 bits per heavy atom. The Bertz CT molecular complexity index is 651. The lowest BCUT2D eigenvalue weighted by Crippen LogP contribution is -2.58. The largest absolute Gasteiger partial charge is 0.480 e. The van der Waals surface area contributed by atoms with E-state index >= 15 is 0 Å². The highest BCUT2D eigenvalue weighted by Gasteiger charge is 2.39. The third-order valence-electron chi connectivity index (χ3n) is 8.08. The number of carboxylic acids is 1. The highest BCUT2D eigenvalue weighted by Crippen LogP contribution is 2.25. The Morgan fingerprint density at radius 1 is 0.970 bits per heavy atom. The van der Waals surface area contributed by atoms with Crippen LogP contribution in [0.2, 0.25) is 0 Å². The minimum absolute atomic E-state index is 0.0833. The number of ether oxygens (including phenoxy) is 1. The number of unbranched alkanes of at least 4 members (excludes halogenated alkanes) is 1. The van der Waals surface area contributed by atoms with Crippen molar-refractivity contribution in [3.63, 3.8) is 0 Å². The first-order valence-electron chi connectivity index (χ1n) is 13.1. The van der Waals surface area contributed by atoms with Crippen LogP contribution in [0.25, 0.3) is 0 Å². The normalized spacial score (nSPS) is 29.5. The summed E-state index contributed by atoms with van der Waals surface area (Å²) in [6.45, 7) is 8.77. The molecule has 1 amide bonds. The molecule has 1 aliphatic carbocycles. The van der Waals surface area contributed by atoms with Gasteiger partial charge in [-0.25, -0.2) is 4.79 Å². The van der Waals surface area contributed by atoms with Crippen LogP contribution < -0.4 is 0 Å². The molecule has 1 saturated carbocycles. The van der Waals surface area contributed by atoms with E-state index in [0.717, 1.165) is 44.9 Å². The number of carboxylic acid groups (broad SMARTS) is 1. The number of carbonyl (C=O) groups is 2. The second-order valence-electron chi connectivity index (χ2n) is 10.4. The molecule has 33 heavy (non-hydrogen) atoms. The Morgan fingerprint density at radius 2 is 1.70 bits per heavy atom. The third kappa shape index (κ3) is 6.81. The monoisotopic (exact) mass is 465 g/mol. The maximum absolute atomic E-state index is 11.9. The third-order valence-corrected chi connectivity index (χ3v) is 8.08. The summed E-state index contributed by atoms with van der Waals surface area (Å²) in [6.07, 6.45) is 9.82. The van der Waals surface area contributed by atoms with Crippen molar-refractivity contribution < 1.29 is 19.4 Å². The van der Waals surface area contributed by atoms with Gasteiger partial charge in [0.25, 0.3) is 0 Å². The maximum Gasteiger partial charge on any atom is 0.411 e. The van der Waals surface area contributed by atoms with E-state index in [0.29, 0.717) is 13.1 Å². The SMILES string of the molecule is CN1CC(N2CCN(CC(=O)O)CC2CCCCN2CCN(C3CCCCC3)CC2)OC1=O. The van der Waals surface area contributed by atoms with E-state index in [-0.39, 0.29) is 24.9 Å². The van der Waals surface area contributed by atoms with Crippen molar-refractivity contribution in [2.75, 3.05) is 72.5 Å². The standard InChI is InChI=1S/C24H43N5O4/c1-25-18-22(33-24(25)32)29-16-13-27(19-23(30)31)17-21(29)9-5-6-10-26-11-14-28(15-12-26)20-7-3-2-4-8-20/h20-22H,2-19H2,1H3,(H,30,31). The van der Waals surface area contributed by atoms with Crippen LogP contribution in [-0.2, 0) is 9.53 Å². The number of nitrogens with zero attached hydrogens (tertiary/aromatic N) is 5. The second kappa shape index (κ2) is 11.8. The van der Waals surface area contributed by atoms with Crippen molar-refractivity contribution in [3.8, 4) is 0 Å². The van der Waals surface area contributed by atoms with E-state index in [4.69, 9.17) is 4.74 Å². The molecule has 9 heteroatoms. The van der Waals surface area contributed by atoms with Gasteiger partial charge in [-0.2, -0.15) is 0 Å². The zero-order valence-electron chi connectivity index (χ0n) is 20.4. The van der Waals surface area contributed by atoms with E-state index < -0.39 is 5.97 Å². The van der Waals surface area contributed by atoms with E-state index in [1.165, 1.54) is 58.3 Å². The van der Waals surface area contributed by atoms with Crippen LogP contribution in [0.3, 0.4) is 0 Å². The van der Waals surface area contributed by atoms with Crippen molar-refractivity contribution in [1.29, 1.82) is 0 Å².